The van der Waals surface area contributed by atoms with E-state index < -0.39 is 0 Å². The highest BCUT2D eigenvalue weighted by Gasteiger charge is 2.24. The summed E-state index contributed by atoms with van der Waals surface area (Å²) < 4.78 is 0. The van der Waals surface area contributed by atoms with Crippen molar-refractivity contribution >= 4 is 0 Å². The summed E-state index contributed by atoms with van der Waals surface area (Å²) in [6.07, 6.45) is 4.00. The molecular weight excluding hydrogens is 256 g/mol. The van der Waals surface area contributed by atoms with Crippen LogP contribution in [0.3, 0.4) is 0 Å². The number of rotatable bonds is 4. The monoisotopic (exact) mass is 288 g/mol. The third-order valence-electron chi connectivity index (χ3n) is 5.03. The normalized spacial score (nSPS) is 21.0. The Labute approximate surface area is 130 Å². The summed E-state index contributed by atoms with van der Waals surface area (Å²) in [6, 6.07) is 7.24. The van der Waals surface area contributed by atoms with Crippen molar-refractivity contribution in [2.75, 3.05) is 26.7 Å². The van der Waals surface area contributed by atoms with E-state index in [0.29, 0.717) is 11.5 Å². The zero-order valence-electron chi connectivity index (χ0n) is 14.5. The summed E-state index contributed by atoms with van der Waals surface area (Å²) in [5.41, 5.74) is 4.73. The molecule has 2 heteroatoms. The molecule has 1 atom stereocenters. The molecule has 1 heterocycles. The van der Waals surface area contributed by atoms with Gasteiger partial charge < -0.3 is 10.2 Å². The zero-order valence-corrected chi connectivity index (χ0v) is 14.5. The van der Waals surface area contributed by atoms with Crippen molar-refractivity contribution in [1.29, 1.82) is 0 Å². The fourth-order valence-electron chi connectivity index (χ4n) is 3.40. The Balaban J connectivity index is 2.07. The fraction of sp³-hybridized carbons (Fsp3) is 0.684. The van der Waals surface area contributed by atoms with Crippen molar-refractivity contribution in [2.24, 2.45) is 5.41 Å². The van der Waals surface area contributed by atoms with Crippen LogP contribution in [0.5, 0.6) is 0 Å². The number of likely N-dealkylation sites (tertiary alicyclic amines) is 1. The van der Waals surface area contributed by atoms with Gasteiger partial charge in [0.05, 0.1) is 0 Å². The third-order valence-corrected chi connectivity index (χ3v) is 5.03. The van der Waals surface area contributed by atoms with E-state index in [1.807, 2.05) is 0 Å². The minimum Gasteiger partial charge on any atom is -0.312 e. The average molecular weight is 288 g/mol. The molecule has 1 aliphatic heterocycles. The molecule has 0 aromatic heterocycles. The van der Waals surface area contributed by atoms with Crippen molar-refractivity contribution in [3.63, 3.8) is 0 Å². The minimum absolute atomic E-state index is 0.436. The van der Waals surface area contributed by atoms with E-state index >= 15 is 0 Å². The Morgan fingerprint density at radius 3 is 2.67 bits per heavy atom. The van der Waals surface area contributed by atoms with E-state index in [1.54, 1.807) is 0 Å². The molecule has 0 amide bonds. The summed E-state index contributed by atoms with van der Waals surface area (Å²) >= 11 is 0. The van der Waals surface area contributed by atoms with Gasteiger partial charge in [0, 0.05) is 12.6 Å². The maximum absolute atomic E-state index is 3.53. The molecule has 21 heavy (non-hydrogen) atoms. The zero-order chi connectivity index (χ0) is 15.5. The van der Waals surface area contributed by atoms with E-state index in [-0.39, 0.29) is 0 Å². The predicted octanol–water partition coefficient (Wildman–Crippen LogP) is 4.08. The number of likely N-dealkylation sites (N-methyl/N-ethyl adjacent to an activating group) is 1. The Kier molecular flexibility index (Phi) is 5.45. The molecule has 0 saturated carbocycles. The van der Waals surface area contributed by atoms with E-state index in [9.17, 15) is 0 Å². The van der Waals surface area contributed by atoms with Crippen molar-refractivity contribution in [3.05, 3.63) is 34.9 Å². The van der Waals surface area contributed by atoms with E-state index in [0.717, 1.165) is 6.54 Å². The molecule has 1 unspecified atom stereocenters. The maximum Gasteiger partial charge on any atom is 0.0449 e. The summed E-state index contributed by atoms with van der Waals surface area (Å²) in [5, 5.41) is 3.53. The van der Waals surface area contributed by atoms with Gasteiger partial charge >= 0.3 is 0 Å². The van der Waals surface area contributed by atoms with Crippen LogP contribution in [0.1, 0.15) is 55.8 Å². The Morgan fingerprint density at radius 2 is 1.95 bits per heavy atom. The molecule has 1 fully saturated rings. The number of hydrogen-bond donors (Lipinski definition) is 1. The molecule has 0 spiro atoms. The molecule has 1 aliphatic rings. The number of nitrogens with one attached hydrogen (secondary N) is 1. The lowest BCUT2D eigenvalue weighted by molar-refractivity contribution is 0.240. The highest BCUT2D eigenvalue weighted by molar-refractivity contribution is 5.33. The standard InChI is InChI=1S/C19H32N2/c1-15-7-8-16(2)17(13-15)18(20-5)14-21-11-6-9-19(3,4)10-12-21/h7-8,13,18,20H,6,9-12,14H2,1-5H3. The molecule has 1 N–H and O–H groups in total. The van der Waals surface area contributed by atoms with Crippen LogP contribution in [0.15, 0.2) is 18.2 Å². The number of nitrogens with zero attached hydrogens (tertiary/aromatic N) is 1. The van der Waals surface area contributed by atoms with Crippen molar-refractivity contribution in [1.82, 2.24) is 10.2 Å². The van der Waals surface area contributed by atoms with Crippen LogP contribution < -0.4 is 5.32 Å². The van der Waals surface area contributed by atoms with Crippen LogP contribution in [0.4, 0.5) is 0 Å². The summed E-state index contributed by atoms with van der Waals surface area (Å²) in [4.78, 5) is 2.65. The van der Waals surface area contributed by atoms with E-state index in [2.05, 4.69) is 63.2 Å². The number of benzene rings is 1. The second-order valence-corrected chi connectivity index (χ2v) is 7.52. The molecule has 0 bridgehead atoms. The number of aryl methyl sites for hydroxylation is 2. The topological polar surface area (TPSA) is 15.3 Å². The Bertz CT molecular complexity index is 465. The SMILES string of the molecule is CNC(CN1CCCC(C)(C)CC1)c1cc(C)ccc1C. The molecular formula is C19H32N2. The van der Waals surface area contributed by atoms with Gasteiger partial charge in [0.25, 0.3) is 0 Å². The molecule has 118 valence electrons. The van der Waals surface area contributed by atoms with Crippen LogP contribution >= 0.6 is 0 Å². The van der Waals surface area contributed by atoms with E-state index in [4.69, 9.17) is 0 Å². The van der Waals surface area contributed by atoms with Crippen LogP contribution in [-0.4, -0.2) is 31.6 Å². The van der Waals surface area contributed by atoms with Crippen LogP contribution in [0, 0.1) is 19.3 Å². The quantitative estimate of drug-likeness (QED) is 0.898. The molecule has 1 aromatic carbocycles. The predicted molar refractivity (Wildman–Crippen MR) is 91.8 cm³/mol. The van der Waals surface area contributed by atoms with Crippen LogP contribution in [0.2, 0.25) is 0 Å². The first-order chi connectivity index (χ1) is 9.91. The van der Waals surface area contributed by atoms with Crippen molar-refractivity contribution < 1.29 is 0 Å². The number of hydrogen-bond acceptors (Lipinski definition) is 2. The molecule has 0 aliphatic carbocycles. The lowest BCUT2D eigenvalue weighted by atomic mass is 9.85. The first kappa shape index (κ1) is 16.5. The van der Waals surface area contributed by atoms with Gasteiger partial charge in [0.2, 0.25) is 0 Å². The highest BCUT2D eigenvalue weighted by Crippen LogP contribution is 2.30. The molecule has 0 radical (unpaired) electrons. The van der Waals surface area contributed by atoms with Gasteiger partial charge in [-0.05, 0) is 69.8 Å². The van der Waals surface area contributed by atoms with Gasteiger partial charge in [-0.25, -0.2) is 0 Å². The van der Waals surface area contributed by atoms with Crippen molar-refractivity contribution in [2.45, 2.75) is 53.0 Å². The van der Waals surface area contributed by atoms with Crippen LogP contribution in [0.25, 0.3) is 0 Å². The van der Waals surface area contributed by atoms with Gasteiger partial charge in [0.1, 0.15) is 0 Å². The molecule has 2 nitrogen and oxygen atoms in total. The third kappa shape index (κ3) is 4.55. The summed E-state index contributed by atoms with van der Waals surface area (Å²) in [6.45, 7) is 12.8. The first-order valence-corrected chi connectivity index (χ1v) is 8.38. The summed E-state index contributed by atoms with van der Waals surface area (Å²) in [5.74, 6) is 0. The maximum atomic E-state index is 3.53. The van der Waals surface area contributed by atoms with Crippen molar-refractivity contribution in [3.8, 4) is 0 Å². The highest BCUT2D eigenvalue weighted by atomic mass is 15.1. The van der Waals surface area contributed by atoms with Gasteiger partial charge in [0.15, 0.2) is 0 Å². The van der Waals surface area contributed by atoms with Gasteiger partial charge in [-0.1, -0.05) is 37.6 Å². The van der Waals surface area contributed by atoms with Gasteiger partial charge in [-0.15, -0.1) is 0 Å². The molecule has 1 aromatic rings. The Hall–Kier alpha value is -0.860. The van der Waals surface area contributed by atoms with Crippen LogP contribution in [-0.2, 0) is 0 Å². The molecule has 1 saturated heterocycles. The van der Waals surface area contributed by atoms with Gasteiger partial charge in [-0.2, -0.15) is 0 Å². The second kappa shape index (κ2) is 6.93. The molecule has 2 rings (SSSR count). The Morgan fingerprint density at radius 1 is 1.19 bits per heavy atom. The summed E-state index contributed by atoms with van der Waals surface area (Å²) in [7, 11) is 2.09. The van der Waals surface area contributed by atoms with E-state index in [1.165, 1.54) is 49.0 Å². The average Bonchev–Trinajstić information content (AvgIpc) is 2.60. The largest absolute Gasteiger partial charge is 0.312 e. The minimum atomic E-state index is 0.436. The lowest BCUT2D eigenvalue weighted by Crippen LogP contribution is -2.35. The van der Waals surface area contributed by atoms with Gasteiger partial charge in [-0.3, -0.25) is 0 Å². The smallest absolute Gasteiger partial charge is 0.0449 e. The lowest BCUT2D eigenvalue weighted by Gasteiger charge is -2.28. The first-order valence-electron chi connectivity index (χ1n) is 8.38. The fourth-order valence-corrected chi connectivity index (χ4v) is 3.40. The second-order valence-electron chi connectivity index (χ2n) is 7.52.